The molecule has 3 aliphatic heterocycles. The molecule has 1 fully saturated rings. The van der Waals surface area contributed by atoms with Crippen LogP contribution >= 0.6 is 0 Å². The smallest absolute Gasteiger partial charge is 0.259 e. The largest absolute Gasteiger partial charge is 0.322 e. The highest BCUT2D eigenvalue weighted by atomic mass is 16.2. The van der Waals surface area contributed by atoms with Crippen LogP contribution in [0.5, 0.6) is 0 Å². The van der Waals surface area contributed by atoms with E-state index in [4.69, 9.17) is 0 Å². The van der Waals surface area contributed by atoms with E-state index in [9.17, 15) is 9.59 Å². The van der Waals surface area contributed by atoms with Crippen molar-refractivity contribution in [1.82, 2.24) is 19.4 Å². The maximum absolute atomic E-state index is 13.1. The monoisotopic (exact) mass is 406 g/mol. The maximum Gasteiger partial charge on any atom is 0.259 e. The van der Waals surface area contributed by atoms with Crippen LogP contribution in [0.4, 0.5) is 0 Å². The number of rotatable bonds is 0. The molecule has 1 N–H and O–H groups in total. The van der Waals surface area contributed by atoms with Crippen LogP contribution in [-0.2, 0) is 0 Å². The van der Waals surface area contributed by atoms with Gasteiger partial charge in [0.15, 0.2) is 0 Å². The highest BCUT2D eigenvalue weighted by Gasteiger charge is 2.43. The van der Waals surface area contributed by atoms with E-state index in [0.717, 1.165) is 56.5 Å². The Morgan fingerprint density at radius 1 is 0.742 bits per heavy atom. The van der Waals surface area contributed by atoms with Crippen LogP contribution in [0.25, 0.3) is 43.6 Å². The maximum atomic E-state index is 13.1. The molecule has 31 heavy (non-hydrogen) atoms. The highest BCUT2D eigenvalue weighted by Crippen LogP contribution is 2.52. The topological polar surface area (TPSA) is 59.3 Å². The summed E-state index contributed by atoms with van der Waals surface area (Å²) in [6, 6.07) is 16.6. The minimum atomic E-state index is -0.288. The van der Waals surface area contributed by atoms with Crippen LogP contribution in [0.3, 0.4) is 0 Å². The lowest BCUT2D eigenvalue weighted by molar-refractivity contribution is 0.0880. The summed E-state index contributed by atoms with van der Waals surface area (Å²) in [6.07, 6.45) is 2.52. The van der Waals surface area contributed by atoms with Gasteiger partial charge in [0.25, 0.3) is 11.8 Å². The van der Waals surface area contributed by atoms with Crippen molar-refractivity contribution in [3.63, 3.8) is 0 Å². The fourth-order valence-corrected chi connectivity index (χ4v) is 6.58. The molecule has 0 unspecified atom stereocenters. The fourth-order valence-electron chi connectivity index (χ4n) is 6.58. The van der Waals surface area contributed by atoms with Crippen molar-refractivity contribution < 1.29 is 9.59 Å². The molecule has 6 heteroatoms. The summed E-state index contributed by atoms with van der Waals surface area (Å²) in [5.74, 6) is -0.575. The first-order chi connectivity index (χ1) is 15.2. The Hall–Kier alpha value is -3.64. The van der Waals surface area contributed by atoms with E-state index in [2.05, 4.69) is 62.8 Å². The number of fused-ring (bicyclic) bond motifs is 13. The van der Waals surface area contributed by atoms with Gasteiger partial charge in [0.05, 0.1) is 45.5 Å². The van der Waals surface area contributed by atoms with E-state index in [1.807, 2.05) is 12.1 Å². The molecule has 3 aliphatic rings. The molecule has 150 valence electrons. The van der Waals surface area contributed by atoms with Crippen LogP contribution < -0.4 is 5.32 Å². The molecule has 3 aromatic carbocycles. The van der Waals surface area contributed by atoms with E-state index in [1.54, 1.807) is 0 Å². The number of para-hydroxylation sites is 2. The third-order valence-corrected chi connectivity index (χ3v) is 7.70. The van der Waals surface area contributed by atoms with Crippen LogP contribution in [0.2, 0.25) is 0 Å². The van der Waals surface area contributed by atoms with Crippen LogP contribution in [-0.4, -0.2) is 32.9 Å². The molecule has 0 saturated carbocycles. The number of hydrogen-bond donors (Lipinski definition) is 1. The van der Waals surface area contributed by atoms with E-state index in [0.29, 0.717) is 11.1 Å². The minimum absolute atomic E-state index is 0.215. The first-order valence-electron chi connectivity index (χ1n) is 10.8. The Morgan fingerprint density at radius 2 is 1.19 bits per heavy atom. The highest BCUT2D eigenvalue weighted by molar-refractivity contribution is 6.39. The molecule has 6 nitrogen and oxygen atoms in total. The van der Waals surface area contributed by atoms with E-state index in [-0.39, 0.29) is 24.1 Å². The Balaban J connectivity index is 1.82. The zero-order valence-corrected chi connectivity index (χ0v) is 16.8. The third-order valence-electron chi connectivity index (χ3n) is 7.70. The molecule has 5 heterocycles. The summed E-state index contributed by atoms with van der Waals surface area (Å²) in [4.78, 5) is 28.6. The van der Waals surface area contributed by atoms with Gasteiger partial charge in [-0.15, -0.1) is 0 Å². The molecular weight excluding hydrogens is 388 g/mol. The number of amides is 2. The summed E-state index contributed by atoms with van der Waals surface area (Å²) in [5, 5.41) is 6.48. The molecule has 2 bridgehead atoms. The predicted molar refractivity (Wildman–Crippen MR) is 119 cm³/mol. The van der Waals surface area contributed by atoms with Gasteiger partial charge in [-0.25, -0.2) is 0 Å². The van der Waals surface area contributed by atoms with Gasteiger partial charge in [-0.05, 0) is 32.0 Å². The molecule has 5 aromatic rings. The van der Waals surface area contributed by atoms with Gasteiger partial charge in [-0.3, -0.25) is 19.8 Å². The lowest BCUT2D eigenvalue weighted by Gasteiger charge is -2.26. The van der Waals surface area contributed by atoms with E-state index in [1.165, 1.54) is 0 Å². The molecule has 0 radical (unpaired) electrons. The zero-order valence-electron chi connectivity index (χ0n) is 16.8. The van der Waals surface area contributed by atoms with Crippen molar-refractivity contribution in [3.05, 3.63) is 59.7 Å². The van der Waals surface area contributed by atoms with Crippen molar-refractivity contribution in [3.8, 4) is 0 Å². The average Bonchev–Trinajstić information content (AvgIpc) is 3.45. The van der Waals surface area contributed by atoms with Gasteiger partial charge < -0.3 is 9.13 Å². The van der Waals surface area contributed by atoms with E-state index < -0.39 is 0 Å². The minimum Gasteiger partial charge on any atom is -0.322 e. The second-order valence-corrected chi connectivity index (χ2v) is 8.96. The first kappa shape index (κ1) is 16.1. The third kappa shape index (κ3) is 1.58. The molecule has 2 aromatic heterocycles. The van der Waals surface area contributed by atoms with Crippen LogP contribution in [0, 0.1) is 0 Å². The molecule has 2 atom stereocenters. The van der Waals surface area contributed by atoms with Crippen molar-refractivity contribution in [2.24, 2.45) is 0 Å². The molecule has 8 rings (SSSR count). The number of nitrogens with one attached hydrogen (secondary N) is 1. The number of carbonyl (C=O) groups is 2. The summed E-state index contributed by atoms with van der Waals surface area (Å²) < 4.78 is 4.84. The number of nitrogens with zero attached hydrogens (tertiary/aromatic N) is 3. The second-order valence-electron chi connectivity index (χ2n) is 8.96. The lowest BCUT2D eigenvalue weighted by Crippen LogP contribution is -2.26. The number of hydrogen-bond acceptors (Lipinski definition) is 3. The Bertz CT molecular complexity index is 1570. The van der Waals surface area contributed by atoms with E-state index >= 15 is 0 Å². The van der Waals surface area contributed by atoms with Gasteiger partial charge in [0.1, 0.15) is 0 Å². The summed E-state index contributed by atoms with van der Waals surface area (Å²) in [7, 11) is 2.20. The number of carbonyl (C=O) groups excluding carboxylic acids is 2. The number of imide groups is 1. The SMILES string of the molecule is CN1[C@H]2CC[C@@H]1n1c3ccccc3c3c4c(c5c6ccccc6n2c5c31)C(=O)NC4=O. The summed E-state index contributed by atoms with van der Waals surface area (Å²) in [5.41, 5.74) is 5.47. The second kappa shape index (κ2) is 4.98. The Morgan fingerprint density at radius 3 is 1.68 bits per heavy atom. The molecule has 0 aliphatic carbocycles. The quantitative estimate of drug-likeness (QED) is 0.385. The zero-order chi connectivity index (χ0) is 20.6. The van der Waals surface area contributed by atoms with Crippen molar-refractivity contribution in [1.29, 1.82) is 0 Å². The van der Waals surface area contributed by atoms with Crippen LogP contribution in [0.1, 0.15) is 45.9 Å². The van der Waals surface area contributed by atoms with Gasteiger partial charge in [-0.1, -0.05) is 36.4 Å². The Labute approximate surface area is 176 Å². The fraction of sp³-hybridized carbons (Fsp3) is 0.200. The molecule has 1 saturated heterocycles. The summed E-state index contributed by atoms with van der Waals surface area (Å²) >= 11 is 0. The van der Waals surface area contributed by atoms with Crippen molar-refractivity contribution in [2.45, 2.75) is 25.2 Å². The normalized spacial score (nSPS) is 22.4. The molecular formula is C25H18N4O2. The van der Waals surface area contributed by atoms with Gasteiger partial charge >= 0.3 is 0 Å². The Kier molecular flexibility index (Phi) is 2.59. The van der Waals surface area contributed by atoms with Gasteiger partial charge in [0.2, 0.25) is 0 Å². The van der Waals surface area contributed by atoms with Crippen LogP contribution in [0.15, 0.2) is 48.5 Å². The molecule has 2 amide bonds. The first-order valence-corrected chi connectivity index (χ1v) is 10.8. The lowest BCUT2D eigenvalue weighted by atomic mass is 9.96. The average molecular weight is 406 g/mol. The number of aromatic nitrogens is 2. The number of benzene rings is 3. The van der Waals surface area contributed by atoms with Crippen molar-refractivity contribution >= 4 is 55.4 Å². The predicted octanol–water partition coefficient (Wildman–Crippen LogP) is 4.52. The van der Waals surface area contributed by atoms with Gasteiger partial charge in [0, 0.05) is 21.5 Å². The summed E-state index contributed by atoms with van der Waals surface area (Å²) in [6.45, 7) is 0. The van der Waals surface area contributed by atoms with Gasteiger partial charge in [-0.2, -0.15) is 0 Å². The molecule has 0 spiro atoms. The standard InChI is InChI=1S/C25H18N4O2/c1-27-16-10-11-17(27)29-15-9-5-3-7-13(15)19-21-20(24(30)26-25(21)31)18-12-6-2-4-8-14(12)28(16)22(18)23(19)29/h2-9,16-17H,10-11H2,1H3,(H,26,30,31)/t16-,17+. The van der Waals surface area contributed by atoms with Crippen molar-refractivity contribution in [2.75, 3.05) is 7.05 Å².